The maximum Gasteiger partial charge on any atom is 0.277 e. The number of hydrogen-bond acceptors (Lipinski definition) is 6. The number of benzene rings is 1. The van der Waals surface area contributed by atoms with E-state index in [9.17, 15) is 28.7 Å². The lowest BCUT2D eigenvalue weighted by Gasteiger charge is -2.36. The highest BCUT2D eigenvalue weighted by molar-refractivity contribution is 6.01. The summed E-state index contributed by atoms with van der Waals surface area (Å²) in [4.78, 5) is 53.0. The third-order valence-corrected chi connectivity index (χ3v) is 6.39. The lowest BCUT2D eigenvalue weighted by Crippen LogP contribution is -2.55. The summed E-state index contributed by atoms with van der Waals surface area (Å²) in [6, 6.07) is 3.86. The summed E-state index contributed by atoms with van der Waals surface area (Å²) in [7, 11) is 1.45. The number of amides is 3. The highest BCUT2D eigenvalue weighted by Gasteiger charge is 2.35. The molecule has 0 radical (unpaired) electrons. The summed E-state index contributed by atoms with van der Waals surface area (Å²) in [6.45, 7) is 5.76. The second kappa shape index (κ2) is 13.6. The molecule has 11 heteroatoms. The number of fused-ring (bicyclic) bond motifs is 1. The molecule has 0 fully saturated rings. The van der Waals surface area contributed by atoms with Gasteiger partial charge in [-0.15, -0.1) is 6.58 Å². The number of ether oxygens (including phenoxy) is 1. The van der Waals surface area contributed by atoms with Crippen molar-refractivity contribution in [3.8, 4) is 11.5 Å². The van der Waals surface area contributed by atoms with Crippen LogP contribution < -0.4 is 20.5 Å². The van der Waals surface area contributed by atoms with Crippen LogP contribution in [0.3, 0.4) is 0 Å². The molecule has 1 aromatic carbocycles. The van der Waals surface area contributed by atoms with Gasteiger partial charge in [-0.2, -0.15) is 0 Å². The zero-order chi connectivity index (χ0) is 28.5. The van der Waals surface area contributed by atoms with Crippen molar-refractivity contribution in [2.45, 2.75) is 58.4 Å². The van der Waals surface area contributed by atoms with E-state index in [1.54, 1.807) is 6.08 Å². The first-order chi connectivity index (χ1) is 18.7. The van der Waals surface area contributed by atoms with Crippen LogP contribution in [0.15, 0.2) is 41.8 Å². The summed E-state index contributed by atoms with van der Waals surface area (Å²) in [5.41, 5.74) is -1.42. The summed E-state index contributed by atoms with van der Waals surface area (Å²) in [5.74, 6) is -3.02. The lowest BCUT2D eigenvalue weighted by molar-refractivity contribution is -0.120. The number of rotatable bonds is 13. The van der Waals surface area contributed by atoms with Gasteiger partial charge in [-0.25, -0.2) is 14.1 Å². The van der Waals surface area contributed by atoms with Gasteiger partial charge in [0.2, 0.25) is 11.3 Å². The second-order valence-electron chi connectivity index (χ2n) is 9.38. The quantitative estimate of drug-likeness (QED) is 0.296. The van der Waals surface area contributed by atoms with E-state index in [-0.39, 0.29) is 43.6 Å². The molecule has 2 aromatic rings. The first-order valence-electron chi connectivity index (χ1n) is 13.0. The van der Waals surface area contributed by atoms with Crippen LogP contribution in [-0.4, -0.2) is 52.7 Å². The van der Waals surface area contributed by atoms with E-state index in [2.05, 4.69) is 18.8 Å². The number of unbranched alkanes of at least 4 members (excludes halogenated alkanes) is 4. The van der Waals surface area contributed by atoms with E-state index in [0.29, 0.717) is 18.4 Å². The predicted molar refractivity (Wildman–Crippen MR) is 144 cm³/mol. The molecule has 3 rings (SSSR count). The molecular weight excluding hydrogens is 507 g/mol. The summed E-state index contributed by atoms with van der Waals surface area (Å²) in [6.07, 6.45) is 8.17. The minimum absolute atomic E-state index is 0.105. The van der Waals surface area contributed by atoms with Gasteiger partial charge in [-0.05, 0) is 18.9 Å². The number of nitrogens with zero attached hydrogens (tertiary/aromatic N) is 3. The van der Waals surface area contributed by atoms with Crippen molar-refractivity contribution < 1.29 is 28.6 Å². The Kier molecular flexibility index (Phi) is 10.2. The number of nitrogens with one attached hydrogen (secondary N) is 1. The van der Waals surface area contributed by atoms with Gasteiger partial charge in [-0.1, -0.05) is 44.7 Å². The van der Waals surface area contributed by atoms with Crippen LogP contribution >= 0.6 is 0 Å². The fraction of sp³-hybridized carbons (Fsp3) is 0.429. The van der Waals surface area contributed by atoms with Crippen LogP contribution in [0.5, 0.6) is 11.5 Å². The molecule has 0 saturated carbocycles. The Morgan fingerprint density at radius 2 is 1.95 bits per heavy atom. The van der Waals surface area contributed by atoms with Crippen molar-refractivity contribution in [3.63, 3.8) is 0 Å². The number of pyridine rings is 1. The fourth-order valence-electron chi connectivity index (χ4n) is 4.19. The second-order valence-corrected chi connectivity index (χ2v) is 9.38. The molecule has 2 N–H and O–H groups in total. The van der Waals surface area contributed by atoms with Crippen molar-refractivity contribution in [3.05, 3.63) is 69.9 Å². The highest BCUT2D eigenvalue weighted by Crippen LogP contribution is 2.23. The zero-order valence-corrected chi connectivity index (χ0v) is 22.4. The van der Waals surface area contributed by atoms with Gasteiger partial charge < -0.3 is 20.1 Å². The van der Waals surface area contributed by atoms with Crippen LogP contribution in [0.25, 0.3) is 0 Å². The number of aromatic hydroxyl groups is 1. The van der Waals surface area contributed by atoms with Crippen LogP contribution in [0, 0.1) is 5.82 Å². The Labute approximate surface area is 226 Å². The average molecular weight is 543 g/mol. The van der Waals surface area contributed by atoms with E-state index < -0.39 is 34.4 Å². The van der Waals surface area contributed by atoms with Crippen LogP contribution in [0.4, 0.5) is 4.39 Å². The minimum atomic E-state index is -1.05. The van der Waals surface area contributed by atoms with Crippen molar-refractivity contribution in [2.75, 3.05) is 25.3 Å². The van der Waals surface area contributed by atoms with Gasteiger partial charge in [0.25, 0.3) is 11.8 Å². The van der Waals surface area contributed by atoms with E-state index in [0.717, 1.165) is 36.6 Å². The zero-order valence-electron chi connectivity index (χ0n) is 22.4. The van der Waals surface area contributed by atoms with Crippen LogP contribution in [-0.2, 0) is 11.3 Å². The van der Waals surface area contributed by atoms with Gasteiger partial charge >= 0.3 is 0 Å². The third kappa shape index (κ3) is 7.04. The summed E-state index contributed by atoms with van der Waals surface area (Å²) < 4.78 is 20.4. The number of aromatic nitrogens is 1. The Morgan fingerprint density at radius 3 is 2.67 bits per heavy atom. The SMILES string of the molecule is C=CCCOc1cc(F)ccc1CNC(=O)c1cn2c(c(O)c1=O)C(=O)N(C)CN2C(=O)CCCCCCC. The Hall–Kier alpha value is -4.15. The van der Waals surface area contributed by atoms with E-state index in [1.807, 2.05) is 0 Å². The first kappa shape index (κ1) is 29.4. The number of carbonyl (C=O) groups is 3. The molecule has 0 saturated heterocycles. The molecule has 0 spiro atoms. The van der Waals surface area contributed by atoms with Gasteiger partial charge in [-0.3, -0.25) is 19.2 Å². The molecule has 0 bridgehead atoms. The number of halogens is 1. The van der Waals surface area contributed by atoms with E-state index >= 15 is 0 Å². The standard InChI is InChI=1S/C28H35FN4O6/c1-4-6-8-9-10-11-23(34)33-18-31(3)28(38)24-26(36)25(35)21(17-32(24)33)27(37)30-16-19-12-13-20(29)15-22(19)39-14-7-5-2/h5,12-13,15,17,36H,2,4,6-11,14,16,18H2,1,3H3,(H,30,37). The fourth-order valence-corrected chi connectivity index (χ4v) is 4.19. The average Bonchev–Trinajstić information content (AvgIpc) is 2.91. The number of hydrogen-bond donors (Lipinski definition) is 2. The molecule has 10 nitrogen and oxygen atoms in total. The van der Waals surface area contributed by atoms with Gasteiger partial charge in [0.1, 0.15) is 23.8 Å². The van der Waals surface area contributed by atoms with Crippen molar-refractivity contribution >= 4 is 17.7 Å². The Bertz CT molecular complexity index is 1290. The van der Waals surface area contributed by atoms with Gasteiger partial charge in [0, 0.05) is 37.8 Å². The van der Waals surface area contributed by atoms with Gasteiger partial charge in [0.15, 0.2) is 11.4 Å². The molecule has 3 amide bonds. The Balaban J connectivity index is 1.85. The van der Waals surface area contributed by atoms with Gasteiger partial charge in [0.05, 0.1) is 6.61 Å². The van der Waals surface area contributed by atoms with Crippen molar-refractivity contribution in [2.24, 2.45) is 0 Å². The normalized spacial score (nSPS) is 12.7. The number of carbonyl (C=O) groups excluding carboxylic acids is 3. The third-order valence-electron chi connectivity index (χ3n) is 6.39. The van der Waals surface area contributed by atoms with E-state index in [4.69, 9.17) is 4.74 Å². The maximum atomic E-state index is 13.7. The molecule has 1 aliphatic heterocycles. The minimum Gasteiger partial charge on any atom is -0.502 e. The largest absolute Gasteiger partial charge is 0.502 e. The molecule has 0 aliphatic carbocycles. The predicted octanol–water partition coefficient (Wildman–Crippen LogP) is 3.45. The highest BCUT2D eigenvalue weighted by atomic mass is 19.1. The molecule has 1 aromatic heterocycles. The molecule has 210 valence electrons. The van der Waals surface area contributed by atoms with E-state index in [1.165, 1.54) is 35.2 Å². The van der Waals surface area contributed by atoms with Crippen LogP contribution in [0.2, 0.25) is 0 Å². The molecule has 39 heavy (non-hydrogen) atoms. The monoisotopic (exact) mass is 542 g/mol. The summed E-state index contributed by atoms with van der Waals surface area (Å²) >= 11 is 0. The Morgan fingerprint density at radius 1 is 1.21 bits per heavy atom. The first-order valence-corrected chi connectivity index (χ1v) is 13.0. The summed E-state index contributed by atoms with van der Waals surface area (Å²) in [5, 5.41) is 14.5. The lowest BCUT2D eigenvalue weighted by atomic mass is 10.1. The molecule has 2 heterocycles. The van der Waals surface area contributed by atoms with Crippen molar-refractivity contribution in [1.29, 1.82) is 0 Å². The topological polar surface area (TPSA) is 121 Å². The molecular formula is C28H35FN4O6. The molecule has 0 atom stereocenters. The molecule has 0 unspecified atom stereocenters. The maximum absolute atomic E-state index is 13.7. The molecule has 1 aliphatic rings. The van der Waals surface area contributed by atoms with Crippen LogP contribution in [0.1, 0.15) is 78.3 Å². The smallest absolute Gasteiger partial charge is 0.277 e. The van der Waals surface area contributed by atoms with Crippen molar-refractivity contribution in [1.82, 2.24) is 14.9 Å².